The van der Waals surface area contributed by atoms with Crippen LogP contribution in [0.1, 0.15) is 60.0 Å². The quantitative estimate of drug-likeness (QED) is 0.439. The van der Waals surface area contributed by atoms with Crippen LogP contribution >= 0.6 is 11.3 Å². The Kier molecular flexibility index (Phi) is 7.36. The minimum Gasteiger partial charge on any atom is -0.459 e. The number of thiophene rings is 1. The second kappa shape index (κ2) is 10.4. The number of hydrogen-bond acceptors (Lipinski definition) is 6. The summed E-state index contributed by atoms with van der Waals surface area (Å²) in [6.07, 6.45) is 4.98. The summed E-state index contributed by atoms with van der Waals surface area (Å²) in [6.45, 7) is 5.38. The highest BCUT2D eigenvalue weighted by atomic mass is 32.1. The van der Waals surface area contributed by atoms with Gasteiger partial charge < -0.3 is 19.8 Å². The first-order valence-electron chi connectivity index (χ1n) is 11.7. The minimum absolute atomic E-state index is 0.173. The number of rotatable bonds is 8. The third kappa shape index (κ3) is 5.50. The standard InChI is InChI=1S/C26H30N2O5S/c1-15(2)33-26(31)24-19-10-8-16(3)12-21(19)34-25(24)28-22(29)14-32-23(30)11-9-17-13-27-20-7-5-4-6-18(17)20/h4-7,13,15-16,27H,8-12,14H2,1-3H3,(H,28,29). The number of esters is 2. The monoisotopic (exact) mass is 482 g/mol. The molecule has 1 aromatic carbocycles. The van der Waals surface area contributed by atoms with E-state index >= 15 is 0 Å². The zero-order chi connectivity index (χ0) is 24.2. The maximum atomic E-state index is 12.8. The van der Waals surface area contributed by atoms with E-state index in [2.05, 4.69) is 17.2 Å². The van der Waals surface area contributed by atoms with Crippen LogP contribution in [0.5, 0.6) is 0 Å². The van der Waals surface area contributed by atoms with Crippen LogP contribution in [0.25, 0.3) is 10.9 Å². The molecular formula is C26H30N2O5S. The summed E-state index contributed by atoms with van der Waals surface area (Å²) in [4.78, 5) is 41.9. The molecule has 1 amide bonds. The minimum atomic E-state index is -0.467. The Morgan fingerprint density at radius 1 is 1.24 bits per heavy atom. The van der Waals surface area contributed by atoms with E-state index in [1.807, 2.05) is 30.5 Å². The molecule has 4 rings (SSSR count). The summed E-state index contributed by atoms with van der Waals surface area (Å²) >= 11 is 1.42. The van der Waals surface area contributed by atoms with Gasteiger partial charge in [0.25, 0.3) is 5.91 Å². The highest BCUT2D eigenvalue weighted by Crippen LogP contribution is 2.40. The second-order valence-electron chi connectivity index (χ2n) is 9.08. The van der Waals surface area contributed by atoms with Crippen LogP contribution in [-0.2, 0) is 38.3 Å². The molecule has 7 nitrogen and oxygen atoms in total. The van der Waals surface area contributed by atoms with Gasteiger partial charge in [-0.2, -0.15) is 0 Å². The van der Waals surface area contributed by atoms with Crippen molar-refractivity contribution in [1.82, 2.24) is 4.98 Å². The van der Waals surface area contributed by atoms with E-state index in [4.69, 9.17) is 9.47 Å². The molecule has 2 heterocycles. The number of carbonyl (C=O) groups excluding carboxylic acids is 3. The summed E-state index contributed by atoms with van der Waals surface area (Å²) in [7, 11) is 0. The van der Waals surface area contributed by atoms with Gasteiger partial charge in [0.05, 0.1) is 11.7 Å². The number of aromatic nitrogens is 1. The first kappa shape index (κ1) is 24.0. The van der Waals surface area contributed by atoms with Crippen LogP contribution in [0.15, 0.2) is 30.5 Å². The zero-order valence-electron chi connectivity index (χ0n) is 19.7. The van der Waals surface area contributed by atoms with Crippen molar-refractivity contribution in [3.05, 3.63) is 52.0 Å². The van der Waals surface area contributed by atoms with Crippen molar-refractivity contribution < 1.29 is 23.9 Å². The fraction of sp³-hybridized carbons (Fsp3) is 0.423. The molecule has 2 N–H and O–H groups in total. The number of nitrogens with one attached hydrogen (secondary N) is 2. The van der Waals surface area contributed by atoms with E-state index in [9.17, 15) is 14.4 Å². The van der Waals surface area contributed by atoms with Crippen LogP contribution in [0.2, 0.25) is 0 Å². The number of para-hydroxylation sites is 1. The number of carbonyl (C=O) groups is 3. The number of fused-ring (bicyclic) bond motifs is 2. The van der Waals surface area contributed by atoms with Crippen molar-refractivity contribution in [3.8, 4) is 0 Å². The van der Waals surface area contributed by atoms with E-state index < -0.39 is 24.5 Å². The molecule has 180 valence electrons. The number of benzene rings is 1. The van der Waals surface area contributed by atoms with Gasteiger partial charge in [-0.1, -0.05) is 25.1 Å². The number of hydrogen-bond donors (Lipinski definition) is 2. The molecule has 1 aliphatic carbocycles. The third-order valence-corrected chi connectivity index (χ3v) is 7.12. The Morgan fingerprint density at radius 2 is 2.03 bits per heavy atom. The van der Waals surface area contributed by atoms with E-state index in [-0.39, 0.29) is 12.5 Å². The molecule has 0 fully saturated rings. The molecule has 8 heteroatoms. The lowest BCUT2D eigenvalue weighted by molar-refractivity contribution is -0.147. The first-order valence-corrected chi connectivity index (χ1v) is 12.5. The molecule has 0 aliphatic heterocycles. The van der Waals surface area contributed by atoms with Gasteiger partial charge in [0, 0.05) is 28.4 Å². The van der Waals surface area contributed by atoms with Crippen LogP contribution < -0.4 is 5.32 Å². The molecule has 1 atom stereocenters. The molecule has 0 saturated carbocycles. The van der Waals surface area contributed by atoms with Gasteiger partial charge in [-0.25, -0.2) is 4.79 Å². The molecule has 3 aromatic rings. The van der Waals surface area contributed by atoms with Crippen molar-refractivity contribution >= 4 is 45.1 Å². The zero-order valence-corrected chi connectivity index (χ0v) is 20.6. The summed E-state index contributed by atoms with van der Waals surface area (Å²) in [5, 5.41) is 4.33. The molecule has 2 aromatic heterocycles. The van der Waals surface area contributed by atoms with E-state index in [0.29, 0.717) is 22.9 Å². The Bertz CT molecular complexity index is 1210. The van der Waals surface area contributed by atoms with Crippen molar-refractivity contribution in [3.63, 3.8) is 0 Å². The van der Waals surface area contributed by atoms with Gasteiger partial charge in [-0.15, -0.1) is 11.3 Å². The van der Waals surface area contributed by atoms with Gasteiger partial charge in [0.2, 0.25) is 0 Å². The molecule has 0 spiro atoms. The molecule has 0 radical (unpaired) electrons. The lowest BCUT2D eigenvalue weighted by atomic mass is 9.88. The van der Waals surface area contributed by atoms with Crippen molar-refractivity contribution in [2.75, 3.05) is 11.9 Å². The number of H-pyrrole nitrogens is 1. The fourth-order valence-corrected chi connectivity index (χ4v) is 5.70. The van der Waals surface area contributed by atoms with Crippen LogP contribution in [0.3, 0.4) is 0 Å². The van der Waals surface area contributed by atoms with Gasteiger partial charge in [0.1, 0.15) is 5.00 Å². The Balaban J connectivity index is 1.36. The summed E-state index contributed by atoms with van der Waals surface area (Å²) in [5.74, 6) is -0.806. The maximum absolute atomic E-state index is 12.8. The maximum Gasteiger partial charge on any atom is 0.341 e. The number of anilines is 1. The largest absolute Gasteiger partial charge is 0.459 e. The highest BCUT2D eigenvalue weighted by molar-refractivity contribution is 7.17. The Morgan fingerprint density at radius 3 is 2.82 bits per heavy atom. The normalized spacial score (nSPS) is 15.2. The number of amides is 1. The first-order chi connectivity index (χ1) is 16.3. The molecule has 0 bridgehead atoms. The second-order valence-corrected chi connectivity index (χ2v) is 10.2. The average Bonchev–Trinajstić information content (AvgIpc) is 3.36. The summed E-state index contributed by atoms with van der Waals surface area (Å²) in [5.41, 5.74) is 3.47. The molecule has 0 saturated heterocycles. The molecule has 34 heavy (non-hydrogen) atoms. The number of aromatic amines is 1. The van der Waals surface area contributed by atoms with Gasteiger partial charge in [-0.3, -0.25) is 9.59 Å². The topological polar surface area (TPSA) is 97.5 Å². The Hall–Kier alpha value is -3.13. The Labute approximate surface area is 202 Å². The van der Waals surface area contributed by atoms with Gasteiger partial charge in [-0.05, 0) is 62.6 Å². The van der Waals surface area contributed by atoms with Crippen molar-refractivity contribution in [2.24, 2.45) is 5.92 Å². The van der Waals surface area contributed by atoms with Crippen molar-refractivity contribution in [1.29, 1.82) is 0 Å². The fourth-order valence-electron chi connectivity index (χ4n) is 4.28. The highest BCUT2D eigenvalue weighted by Gasteiger charge is 2.29. The lowest BCUT2D eigenvalue weighted by Crippen LogP contribution is -2.22. The van der Waals surface area contributed by atoms with E-state index in [1.165, 1.54) is 11.3 Å². The molecule has 1 unspecified atom stereocenters. The summed E-state index contributed by atoms with van der Waals surface area (Å²) in [6, 6.07) is 7.89. The van der Waals surface area contributed by atoms with Crippen LogP contribution in [0.4, 0.5) is 5.00 Å². The lowest BCUT2D eigenvalue weighted by Gasteiger charge is -2.18. The van der Waals surface area contributed by atoms with Gasteiger partial charge in [0.15, 0.2) is 6.61 Å². The smallest absolute Gasteiger partial charge is 0.341 e. The number of aryl methyl sites for hydroxylation is 1. The molecule has 1 aliphatic rings. The van der Waals surface area contributed by atoms with Crippen LogP contribution in [-0.4, -0.2) is 35.5 Å². The van der Waals surface area contributed by atoms with E-state index in [0.717, 1.165) is 46.2 Å². The average molecular weight is 483 g/mol. The molecular weight excluding hydrogens is 452 g/mol. The van der Waals surface area contributed by atoms with Gasteiger partial charge >= 0.3 is 11.9 Å². The SMILES string of the molecule is CC1CCc2c(sc(NC(=O)COC(=O)CCc3c[nH]c4ccccc34)c2C(=O)OC(C)C)C1. The predicted octanol–water partition coefficient (Wildman–Crippen LogP) is 5.03. The number of ether oxygens (including phenoxy) is 2. The predicted molar refractivity (Wildman–Crippen MR) is 132 cm³/mol. The van der Waals surface area contributed by atoms with Crippen LogP contribution in [0, 0.1) is 5.92 Å². The summed E-state index contributed by atoms with van der Waals surface area (Å²) < 4.78 is 10.6. The van der Waals surface area contributed by atoms with E-state index in [1.54, 1.807) is 13.8 Å². The van der Waals surface area contributed by atoms with Crippen molar-refractivity contribution in [2.45, 2.75) is 59.0 Å². The third-order valence-electron chi connectivity index (χ3n) is 5.95.